The summed E-state index contributed by atoms with van der Waals surface area (Å²) in [7, 11) is 0. The van der Waals surface area contributed by atoms with Crippen molar-refractivity contribution >= 4 is 5.96 Å². The van der Waals surface area contributed by atoms with E-state index in [-0.39, 0.29) is 0 Å². The van der Waals surface area contributed by atoms with Gasteiger partial charge in [0.05, 0.1) is 12.2 Å². The van der Waals surface area contributed by atoms with E-state index in [1.807, 2.05) is 0 Å². The predicted octanol–water partition coefficient (Wildman–Crippen LogP) is 1.65. The molecule has 0 aromatic carbocycles. The number of ether oxygens (including phenoxy) is 1. The van der Waals surface area contributed by atoms with Crippen LogP contribution in [0.25, 0.3) is 0 Å². The maximum atomic E-state index is 5.87. The Balaban J connectivity index is 1.31. The highest BCUT2D eigenvalue weighted by Gasteiger charge is 2.39. The highest BCUT2D eigenvalue weighted by atomic mass is 16.5. The summed E-state index contributed by atoms with van der Waals surface area (Å²) in [6.07, 6.45) is 10.1. The maximum absolute atomic E-state index is 5.87. The van der Waals surface area contributed by atoms with E-state index in [1.165, 1.54) is 44.9 Å². The molecule has 2 heterocycles. The fourth-order valence-electron chi connectivity index (χ4n) is 3.39. The van der Waals surface area contributed by atoms with Crippen molar-refractivity contribution in [1.29, 1.82) is 0 Å². The molecular weight excluding hydrogens is 226 g/mol. The molecule has 0 spiro atoms. The summed E-state index contributed by atoms with van der Waals surface area (Å²) >= 11 is 0. The zero-order valence-electron chi connectivity index (χ0n) is 11.1. The number of hydrogen-bond acceptors (Lipinski definition) is 2. The molecule has 3 fully saturated rings. The second-order valence-corrected chi connectivity index (χ2v) is 6.11. The van der Waals surface area contributed by atoms with Gasteiger partial charge in [-0.1, -0.05) is 6.42 Å². The van der Waals surface area contributed by atoms with Crippen LogP contribution in [-0.2, 0) is 4.74 Å². The molecule has 4 nitrogen and oxygen atoms in total. The minimum absolute atomic E-state index is 0.532. The monoisotopic (exact) mass is 251 g/mol. The number of nitrogens with two attached hydrogens (primary N) is 1. The molecule has 2 aliphatic heterocycles. The number of rotatable bonds is 5. The number of guanidine groups is 1. The first kappa shape index (κ1) is 12.3. The molecule has 2 bridgehead atoms. The van der Waals surface area contributed by atoms with Crippen LogP contribution >= 0.6 is 0 Å². The van der Waals surface area contributed by atoms with Crippen LogP contribution < -0.4 is 11.1 Å². The van der Waals surface area contributed by atoms with E-state index in [1.54, 1.807) is 0 Å². The van der Waals surface area contributed by atoms with E-state index in [2.05, 4.69) is 10.3 Å². The van der Waals surface area contributed by atoms with Crippen molar-refractivity contribution < 1.29 is 4.74 Å². The van der Waals surface area contributed by atoms with Gasteiger partial charge in [-0.2, -0.15) is 0 Å². The van der Waals surface area contributed by atoms with Crippen LogP contribution in [0.1, 0.15) is 44.9 Å². The summed E-state index contributed by atoms with van der Waals surface area (Å²) in [4.78, 5) is 4.41. The summed E-state index contributed by atoms with van der Waals surface area (Å²) in [5.74, 6) is 2.17. The Morgan fingerprint density at radius 3 is 2.78 bits per heavy atom. The number of nitrogens with zero attached hydrogens (tertiary/aromatic N) is 1. The van der Waals surface area contributed by atoms with Crippen LogP contribution in [0.5, 0.6) is 0 Å². The first-order valence-corrected chi connectivity index (χ1v) is 7.50. The number of fused-ring (bicyclic) bond motifs is 2. The Hall–Kier alpha value is -0.770. The zero-order valence-corrected chi connectivity index (χ0v) is 11.1. The zero-order chi connectivity index (χ0) is 12.4. The van der Waals surface area contributed by atoms with Crippen molar-refractivity contribution in [3.63, 3.8) is 0 Å². The fourth-order valence-corrected chi connectivity index (χ4v) is 3.39. The van der Waals surface area contributed by atoms with Crippen molar-refractivity contribution in [3.05, 3.63) is 0 Å². The van der Waals surface area contributed by atoms with E-state index in [0.717, 1.165) is 24.9 Å². The van der Waals surface area contributed by atoms with E-state index in [0.29, 0.717) is 18.2 Å². The van der Waals surface area contributed by atoms with Crippen LogP contribution in [-0.4, -0.2) is 31.3 Å². The first-order valence-electron chi connectivity index (χ1n) is 7.50. The van der Waals surface area contributed by atoms with E-state index in [9.17, 15) is 0 Å². The minimum atomic E-state index is 0.532. The number of nitrogens with one attached hydrogen (secondary N) is 1. The number of aliphatic imine (C=N–C) groups is 1. The van der Waals surface area contributed by atoms with Gasteiger partial charge in [0.2, 0.25) is 0 Å². The summed E-state index contributed by atoms with van der Waals surface area (Å²) in [5, 5.41) is 3.24. The average molecular weight is 251 g/mol. The molecule has 0 aromatic rings. The molecule has 102 valence electrons. The molecule has 4 heteroatoms. The van der Waals surface area contributed by atoms with Crippen LogP contribution in [0.2, 0.25) is 0 Å². The normalized spacial score (nSPS) is 35.8. The van der Waals surface area contributed by atoms with E-state index >= 15 is 0 Å². The predicted molar refractivity (Wildman–Crippen MR) is 72.5 cm³/mol. The molecule has 3 N–H and O–H groups in total. The Morgan fingerprint density at radius 2 is 2.17 bits per heavy atom. The largest absolute Gasteiger partial charge is 0.375 e. The highest BCUT2D eigenvalue weighted by molar-refractivity contribution is 5.77. The highest BCUT2D eigenvalue weighted by Crippen LogP contribution is 2.40. The van der Waals surface area contributed by atoms with Gasteiger partial charge in [0.25, 0.3) is 0 Å². The lowest BCUT2D eigenvalue weighted by Crippen LogP contribution is -2.35. The van der Waals surface area contributed by atoms with Gasteiger partial charge in [0.1, 0.15) is 0 Å². The van der Waals surface area contributed by atoms with Crippen molar-refractivity contribution in [2.45, 2.75) is 57.2 Å². The molecule has 3 rings (SSSR count). The topological polar surface area (TPSA) is 59.6 Å². The lowest BCUT2D eigenvalue weighted by molar-refractivity contribution is 0.0915. The molecule has 18 heavy (non-hydrogen) atoms. The van der Waals surface area contributed by atoms with Gasteiger partial charge in [-0.15, -0.1) is 0 Å². The van der Waals surface area contributed by atoms with Crippen molar-refractivity contribution in [1.82, 2.24) is 5.32 Å². The van der Waals surface area contributed by atoms with Gasteiger partial charge >= 0.3 is 0 Å². The van der Waals surface area contributed by atoms with Crippen LogP contribution in [0.4, 0.5) is 0 Å². The maximum Gasteiger partial charge on any atom is 0.188 e. The SMILES string of the molecule is NC(=NCC1CCC1)NCCC1CC2CCC1O2. The molecule has 3 unspecified atom stereocenters. The minimum Gasteiger partial charge on any atom is -0.375 e. The molecule has 1 aliphatic carbocycles. The smallest absolute Gasteiger partial charge is 0.188 e. The molecular formula is C14H25N3O. The molecule has 0 aromatic heterocycles. The quantitative estimate of drug-likeness (QED) is 0.577. The molecule has 0 amide bonds. The second kappa shape index (κ2) is 5.47. The Bertz CT molecular complexity index is 314. The number of hydrogen-bond donors (Lipinski definition) is 2. The van der Waals surface area contributed by atoms with Gasteiger partial charge in [0.15, 0.2) is 5.96 Å². The summed E-state index contributed by atoms with van der Waals surface area (Å²) in [6.45, 7) is 1.85. The van der Waals surface area contributed by atoms with Crippen molar-refractivity contribution in [2.24, 2.45) is 22.6 Å². The van der Waals surface area contributed by atoms with Crippen molar-refractivity contribution in [2.75, 3.05) is 13.1 Å². The molecule has 0 radical (unpaired) electrons. The van der Waals surface area contributed by atoms with Gasteiger partial charge in [-0.05, 0) is 50.4 Å². The second-order valence-electron chi connectivity index (χ2n) is 6.11. The van der Waals surface area contributed by atoms with Gasteiger partial charge < -0.3 is 15.8 Å². The molecule has 1 saturated carbocycles. The Kier molecular flexibility index (Phi) is 3.73. The molecule has 3 atom stereocenters. The fraction of sp³-hybridized carbons (Fsp3) is 0.929. The van der Waals surface area contributed by atoms with Crippen LogP contribution in [0, 0.1) is 11.8 Å². The third-order valence-corrected chi connectivity index (χ3v) is 4.80. The van der Waals surface area contributed by atoms with Crippen LogP contribution in [0.3, 0.4) is 0 Å². The lowest BCUT2D eigenvalue weighted by atomic mass is 9.86. The first-order chi connectivity index (χ1) is 8.81. The summed E-state index contributed by atoms with van der Waals surface area (Å²) in [6, 6.07) is 0. The average Bonchev–Trinajstić information content (AvgIpc) is 2.88. The summed E-state index contributed by atoms with van der Waals surface area (Å²) < 4.78 is 5.85. The Morgan fingerprint density at radius 1 is 1.28 bits per heavy atom. The van der Waals surface area contributed by atoms with Crippen molar-refractivity contribution in [3.8, 4) is 0 Å². The summed E-state index contributed by atoms with van der Waals surface area (Å²) in [5.41, 5.74) is 5.87. The third-order valence-electron chi connectivity index (χ3n) is 4.80. The Labute approximate surface area is 109 Å². The van der Waals surface area contributed by atoms with Gasteiger partial charge in [0, 0.05) is 13.1 Å². The lowest BCUT2D eigenvalue weighted by Gasteiger charge is -2.23. The standard InChI is InChI=1S/C14H25N3O/c15-14(17-9-10-2-1-3-10)16-7-6-11-8-12-4-5-13(11)18-12/h10-13H,1-9H2,(H3,15,16,17). The van der Waals surface area contributed by atoms with Crippen LogP contribution in [0.15, 0.2) is 4.99 Å². The van der Waals surface area contributed by atoms with E-state index < -0.39 is 0 Å². The van der Waals surface area contributed by atoms with E-state index in [4.69, 9.17) is 10.5 Å². The molecule has 3 aliphatic rings. The molecule has 2 saturated heterocycles. The van der Waals surface area contributed by atoms with Gasteiger partial charge in [-0.25, -0.2) is 0 Å². The van der Waals surface area contributed by atoms with Gasteiger partial charge in [-0.3, -0.25) is 4.99 Å². The third kappa shape index (κ3) is 2.79.